The number of nitrogens with one attached hydrogen (secondary N) is 1. The van der Waals surface area contributed by atoms with Gasteiger partial charge in [0.2, 0.25) is 0 Å². The highest BCUT2D eigenvalue weighted by atomic mass is 32.2. The zero-order valence-electron chi connectivity index (χ0n) is 14.2. The van der Waals surface area contributed by atoms with Crippen LogP contribution in [0.2, 0.25) is 0 Å². The van der Waals surface area contributed by atoms with Crippen LogP contribution in [0.15, 0.2) is 17.2 Å². The van der Waals surface area contributed by atoms with Crippen LogP contribution in [0.1, 0.15) is 47.8 Å². The molecule has 0 saturated carbocycles. The van der Waals surface area contributed by atoms with Gasteiger partial charge in [-0.2, -0.15) is 16.9 Å². The maximum Gasteiger partial charge on any atom is 0.312 e. The third-order valence-electron chi connectivity index (χ3n) is 3.49. The number of nitrogens with zero attached hydrogens (tertiary/aromatic N) is 1. The van der Waals surface area contributed by atoms with Gasteiger partial charge in [0.1, 0.15) is 0 Å². The smallest absolute Gasteiger partial charge is 0.312 e. The number of hydrogen-bond donors (Lipinski definition) is 2. The topological polar surface area (TPSA) is 84.5 Å². The Morgan fingerprint density at radius 1 is 1.22 bits per heavy atom. The molecule has 0 heterocycles. The minimum atomic E-state index is -0.699. The fourth-order valence-corrected chi connectivity index (χ4v) is 2.84. The number of nitrogens with two attached hydrogens (primary N) is 1. The Kier molecular flexibility index (Phi) is 7.98. The number of Topliss-reactive ketones (excluding diaryl/α,β-unsaturated/α-hetero) is 1. The molecule has 0 aromatic heterocycles. The first kappa shape index (κ1) is 19.4. The van der Waals surface area contributed by atoms with Crippen molar-refractivity contribution in [1.82, 2.24) is 5.43 Å². The van der Waals surface area contributed by atoms with Crippen LogP contribution >= 0.6 is 11.8 Å². The van der Waals surface area contributed by atoms with Crippen LogP contribution in [0.4, 0.5) is 0 Å². The lowest BCUT2D eigenvalue weighted by Crippen LogP contribution is -2.29. The first-order valence-corrected chi connectivity index (χ1v) is 9.09. The lowest BCUT2D eigenvalue weighted by atomic mass is 9.91. The van der Waals surface area contributed by atoms with Crippen molar-refractivity contribution in [2.75, 3.05) is 12.0 Å². The van der Waals surface area contributed by atoms with E-state index in [9.17, 15) is 9.59 Å². The number of carbonyl (C=O) groups is 2. The molecule has 1 aromatic carbocycles. The van der Waals surface area contributed by atoms with Crippen LogP contribution < -0.4 is 11.2 Å². The summed E-state index contributed by atoms with van der Waals surface area (Å²) in [6, 6.07) is 3.81. The van der Waals surface area contributed by atoms with Crippen molar-refractivity contribution in [2.45, 2.75) is 40.2 Å². The number of thioether (sulfide) groups is 1. The first-order valence-electron chi connectivity index (χ1n) is 7.69. The molecule has 0 spiro atoms. The van der Waals surface area contributed by atoms with Crippen LogP contribution in [0.5, 0.6) is 0 Å². The van der Waals surface area contributed by atoms with E-state index < -0.39 is 11.7 Å². The Hall–Kier alpha value is -1.66. The van der Waals surface area contributed by atoms with Crippen molar-refractivity contribution in [1.29, 1.82) is 0 Å². The predicted molar refractivity (Wildman–Crippen MR) is 97.1 cm³/mol. The molecule has 1 amide bonds. The van der Waals surface area contributed by atoms with Gasteiger partial charge in [-0.15, -0.1) is 0 Å². The number of aryl methyl sites for hydroxylation is 2. The number of hydrazone groups is 1. The molecular weight excluding hydrogens is 310 g/mol. The van der Waals surface area contributed by atoms with Crippen molar-refractivity contribution >= 4 is 29.2 Å². The summed E-state index contributed by atoms with van der Waals surface area (Å²) < 4.78 is 0. The Morgan fingerprint density at radius 3 is 2.22 bits per heavy atom. The second-order valence-corrected chi connectivity index (χ2v) is 6.12. The average Bonchev–Trinajstić information content (AvgIpc) is 2.57. The molecule has 23 heavy (non-hydrogen) atoms. The molecule has 1 rings (SSSR count). The standard InChI is InChI=1S/C17H25N3O2S/c1-5-13-7-12(9-18)8-14(6-2)15(13)16(21)17(22)20-19-11(3)10-23-4/h7-8H,5-6,9-10,18H2,1-4H3,(H,20,22). The fourth-order valence-electron chi connectivity index (χ4n) is 2.36. The number of amides is 1. The number of benzene rings is 1. The van der Waals surface area contributed by atoms with E-state index >= 15 is 0 Å². The molecule has 0 bridgehead atoms. The molecule has 0 aliphatic heterocycles. The van der Waals surface area contributed by atoms with Gasteiger partial charge in [-0.3, -0.25) is 9.59 Å². The zero-order valence-corrected chi connectivity index (χ0v) is 15.0. The predicted octanol–water partition coefficient (Wildman–Crippen LogP) is 2.31. The highest BCUT2D eigenvalue weighted by Gasteiger charge is 2.22. The number of ketones is 1. The van der Waals surface area contributed by atoms with E-state index in [-0.39, 0.29) is 0 Å². The number of hydrogen-bond acceptors (Lipinski definition) is 5. The maximum atomic E-state index is 12.6. The molecule has 126 valence electrons. The monoisotopic (exact) mass is 335 g/mol. The van der Waals surface area contributed by atoms with Gasteiger partial charge in [0.25, 0.3) is 5.78 Å². The van der Waals surface area contributed by atoms with E-state index in [0.717, 1.165) is 22.4 Å². The second-order valence-electron chi connectivity index (χ2n) is 5.25. The van der Waals surface area contributed by atoms with Crippen molar-refractivity contribution in [3.63, 3.8) is 0 Å². The molecule has 0 atom stereocenters. The molecule has 0 radical (unpaired) electrons. The lowest BCUT2D eigenvalue weighted by molar-refractivity contribution is -0.117. The van der Waals surface area contributed by atoms with E-state index in [4.69, 9.17) is 5.73 Å². The lowest BCUT2D eigenvalue weighted by Gasteiger charge is -2.14. The van der Waals surface area contributed by atoms with Crippen LogP contribution in [-0.4, -0.2) is 29.4 Å². The van der Waals surface area contributed by atoms with E-state index in [2.05, 4.69) is 10.5 Å². The van der Waals surface area contributed by atoms with Gasteiger partial charge in [0, 0.05) is 23.6 Å². The van der Waals surface area contributed by atoms with Gasteiger partial charge in [0.05, 0.1) is 0 Å². The fraction of sp³-hybridized carbons (Fsp3) is 0.471. The summed E-state index contributed by atoms with van der Waals surface area (Å²) in [6.45, 7) is 6.15. The summed E-state index contributed by atoms with van der Waals surface area (Å²) in [5.74, 6) is -0.529. The van der Waals surface area contributed by atoms with Crippen molar-refractivity contribution in [3.05, 3.63) is 34.4 Å². The van der Waals surface area contributed by atoms with Crippen LogP contribution in [-0.2, 0) is 24.2 Å². The molecule has 0 unspecified atom stereocenters. The molecule has 0 aliphatic carbocycles. The summed E-state index contributed by atoms with van der Waals surface area (Å²) >= 11 is 1.60. The third-order valence-corrected chi connectivity index (χ3v) is 4.20. The van der Waals surface area contributed by atoms with E-state index in [1.807, 2.05) is 39.2 Å². The van der Waals surface area contributed by atoms with Crippen molar-refractivity contribution in [3.8, 4) is 0 Å². The third kappa shape index (κ3) is 5.18. The summed E-state index contributed by atoms with van der Waals surface area (Å²) in [5, 5.41) is 3.96. The van der Waals surface area contributed by atoms with Crippen molar-refractivity contribution in [2.24, 2.45) is 10.8 Å². The molecule has 5 nitrogen and oxygen atoms in total. The first-order chi connectivity index (χ1) is 11.0. The minimum Gasteiger partial charge on any atom is -0.326 e. The molecule has 6 heteroatoms. The molecule has 0 saturated heterocycles. The highest BCUT2D eigenvalue weighted by molar-refractivity contribution is 7.99. The second kappa shape index (κ2) is 9.47. The van der Waals surface area contributed by atoms with Crippen LogP contribution in [0.25, 0.3) is 0 Å². The van der Waals surface area contributed by atoms with Gasteiger partial charge in [-0.05, 0) is 42.7 Å². The SMILES string of the molecule is CCc1cc(CN)cc(CC)c1C(=O)C(=O)NN=C(C)CSC. The molecular formula is C17H25N3O2S. The highest BCUT2D eigenvalue weighted by Crippen LogP contribution is 2.20. The Bertz CT molecular complexity index is 587. The average molecular weight is 335 g/mol. The van der Waals surface area contributed by atoms with Crippen molar-refractivity contribution < 1.29 is 9.59 Å². The number of rotatable bonds is 8. The normalized spacial score (nSPS) is 11.4. The molecule has 3 N–H and O–H groups in total. The Balaban J connectivity index is 3.11. The zero-order chi connectivity index (χ0) is 17.4. The van der Waals surface area contributed by atoms with Crippen LogP contribution in [0, 0.1) is 0 Å². The molecule has 0 aliphatic rings. The van der Waals surface area contributed by atoms with Gasteiger partial charge >= 0.3 is 5.91 Å². The maximum absolute atomic E-state index is 12.6. The van der Waals surface area contributed by atoms with Crippen LogP contribution in [0.3, 0.4) is 0 Å². The van der Waals surface area contributed by atoms with Gasteiger partial charge in [-0.1, -0.05) is 26.0 Å². The summed E-state index contributed by atoms with van der Waals surface area (Å²) in [6.07, 6.45) is 3.29. The minimum absolute atomic E-state index is 0.416. The van der Waals surface area contributed by atoms with E-state index in [0.29, 0.717) is 30.7 Å². The van der Waals surface area contributed by atoms with E-state index in [1.165, 1.54) is 0 Å². The molecule has 0 fully saturated rings. The van der Waals surface area contributed by atoms with Gasteiger partial charge < -0.3 is 5.73 Å². The Morgan fingerprint density at radius 2 is 1.78 bits per heavy atom. The van der Waals surface area contributed by atoms with Gasteiger partial charge in [0.15, 0.2) is 0 Å². The van der Waals surface area contributed by atoms with E-state index in [1.54, 1.807) is 11.8 Å². The summed E-state index contributed by atoms with van der Waals surface area (Å²) in [4.78, 5) is 24.7. The van der Waals surface area contributed by atoms with Gasteiger partial charge in [-0.25, -0.2) is 5.43 Å². The summed E-state index contributed by atoms with van der Waals surface area (Å²) in [7, 11) is 0. The summed E-state index contributed by atoms with van der Waals surface area (Å²) in [5.41, 5.74) is 12.0. The molecule has 1 aromatic rings. The quantitative estimate of drug-likeness (QED) is 0.330. The largest absolute Gasteiger partial charge is 0.326 e. The Labute approximate surface area is 142 Å². The number of carbonyl (C=O) groups excluding carboxylic acids is 2.